The monoisotopic (exact) mass is 470 g/mol. The molecule has 9 nitrogen and oxygen atoms in total. The van der Waals surface area contributed by atoms with Crippen LogP contribution >= 0.6 is 0 Å². The van der Waals surface area contributed by atoms with Crippen LogP contribution in [0.5, 0.6) is 17.4 Å². The van der Waals surface area contributed by atoms with E-state index >= 15 is 0 Å². The van der Waals surface area contributed by atoms with E-state index in [4.69, 9.17) is 18.3 Å². The number of hydrogen-bond acceptors (Lipinski definition) is 8. The number of aryl methyl sites for hydroxylation is 1. The molecule has 1 aliphatic heterocycles. The van der Waals surface area contributed by atoms with Crippen molar-refractivity contribution in [3.8, 4) is 17.4 Å². The number of hydrogen-bond donors (Lipinski definition) is 0. The highest BCUT2D eigenvalue weighted by Gasteiger charge is 2.39. The number of benzene rings is 2. The zero-order valence-electron chi connectivity index (χ0n) is 18.9. The zero-order valence-corrected chi connectivity index (χ0v) is 18.9. The van der Waals surface area contributed by atoms with Crippen LogP contribution in [0.2, 0.25) is 0 Å². The molecule has 2 aromatic carbocycles. The van der Waals surface area contributed by atoms with Crippen molar-refractivity contribution < 1.29 is 23.1 Å². The quantitative estimate of drug-likeness (QED) is 0.343. The van der Waals surface area contributed by atoms with Crippen LogP contribution in [0.1, 0.15) is 40.2 Å². The molecule has 0 amide bonds. The lowest BCUT2D eigenvalue weighted by molar-refractivity contribution is 0.0927. The number of aromatic nitrogens is 2. The maximum atomic E-state index is 13.6. The van der Waals surface area contributed by atoms with E-state index in [-0.39, 0.29) is 34.2 Å². The molecule has 4 heterocycles. The van der Waals surface area contributed by atoms with Gasteiger partial charge in [-0.05, 0) is 18.6 Å². The molecule has 1 atom stereocenters. The summed E-state index contributed by atoms with van der Waals surface area (Å²) in [6, 6.07) is 12.3. The molecule has 3 aromatic heterocycles. The summed E-state index contributed by atoms with van der Waals surface area (Å²) in [4.78, 5) is 43.7. The lowest BCUT2D eigenvalue weighted by Gasteiger charge is -2.28. The van der Waals surface area contributed by atoms with Crippen LogP contribution < -0.4 is 20.7 Å². The average molecular weight is 470 g/mol. The maximum Gasteiger partial charge on any atom is 0.344 e. The van der Waals surface area contributed by atoms with Gasteiger partial charge in [0.1, 0.15) is 28.1 Å². The SMILES string of the molecule is COc1c2ccoc2cc2oc(=O)c3c(c12)Oc1nc(C)n(C(C)=O)c(=O)c1C3c1ccccc1. The Balaban J connectivity index is 1.80. The minimum absolute atomic E-state index is 0.0209. The summed E-state index contributed by atoms with van der Waals surface area (Å²) >= 11 is 0. The summed E-state index contributed by atoms with van der Waals surface area (Å²) in [6.07, 6.45) is 1.51. The van der Waals surface area contributed by atoms with Gasteiger partial charge in [-0.25, -0.2) is 9.36 Å². The lowest BCUT2D eigenvalue weighted by atomic mass is 9.84. The molecule has 1 unspecified atom stereocenters. The van der Waals surface area contributed by atoms with Crippen LogP contribution in [-0.4, -0.2) is 22.6 Å². The van der Waals surface area contributed by atoms with Gasteiger partial charge in [0.25, 0.3) is 5.56 Å². The first-order valence-corrected chi connectivity index (χ1v) is 10.8. The number of furan rings is 1. The fraction of sp³-hybridized carbons (Fsp3) is 0.154. The van der Waals surface area contributed by atoms with Gasteiger partial charge in [-0.2, -0.15) is 4.98 Å². The standard InChI is InChI=1S/C26H18N2O7/c1-12-27-24-21(25(30)28(12)13(2)29)18(14-7-5-4-6-8-14)20-23(35-24)19-17(34-26(20)31)11-16-15(9-10-33-16)22(19)32-3/h4-11,18H,1-3H3. The molecular weight excluding hydrogens is 452 g/mol. The third kappa shape index (κ3) is 2.87. The first-order valence-electron chi connectivity index (χ1n) is 10.8. The molecule has 0 bridgehead atoms. The van der Waals surface area contributed by atoms with Gasteiger partial charge < -0.3 is 18.3 Å². The van der Waals surface area contributed by atoms with E-state index < -0.39 is 23.0 Å². The number of fused-ring (bicyclic) bond motifs is 5. The topological polar surface area (TPSA) is 114 Å². The largest absolute Gasteiger partial charge is 0.495 e. The summed E-state index contributed by atoms with van der Waals surface area (Å²) in [5.41, 5.74) is 0.245. The second-order valence-electron chi connectivity index (χ2n) is 8.23. The van der Waals surface area contributed by atoms with Crippen LogP contribution in [0.25, 0.3) is 21.9 Å². The second-order valence-corrected chi connectivity index (χ2v) is 8.23. The lowest BCUT2D eigenvalue weighted by Crippen LogP contribution is -2.35. The number of rotatable bonds is 2. The Labute approximate surface area is 197 Å². The van der Waals surface area contributed by atoms with Crippen molar-refractivity contribution in [3.63, 3.8) is 0 Å². The number of carbonyl (C=O) groups is 1. The molecule has 5 aromatic rings. The smallest absolute Gasteiger partial charge is 0.344 e. The Kier molecular flexibility index (Phi) is 4.44. The van der Waals surface area contributed by atoms with E-state index in [9.17, 15) is 14.4 Å². The molecule has 1 aliphatic rings. The van der Waals surface area contributed by atoms with Crippen LogP contribution in [-0.2, 0) is 0 Å². The molecule has 0 saturated heterocycles. The summed E-state index contributed by atoms with van der Waals surface area (Å²) in [7, 11) is 1.50. The highest BCUT2D eigenvalue weighted by Crippen LogP contribution is 2.50. The van der Waals surface area contributed by atoms with Gasteiger partial charge in [-0.15, -0.1) is 0 Å². The van der Waals surface area contributed by atoms with Gasteiger partial charge in [-0.3, -0.25) is 9.59 Å². The van der Waals surface area contributed by atoms with Crippen LogP contribution in [0.3, 0.4) is 0 Å². The van der Waals surface area contributed by atoms with Gasteiger partial charge in [0, 0.05) is 13.0 Å². The van der Waals surface area contributed by atoms with Crippen molar-refractivity contribution in [1.29, 1.82) is 0 Å². The van der Waals surface area contributed by atoms with Crippen molar-refractivity contribution in [1.82, 2.24) is 9.55 Å². The summed E-state index contributed by atoms with van der Waals surface area (Å²) in [6.45, 7) is 2.83. The molecule has 0 fully saturated rings. The molecule has 0 spiro atoms. The van der Waals surface area contributed by atoms with E-state index in [1.807, 2.05) is 6.07 Å². The first-order chi connectivity index (χ1) is 16.9. The maximum absolute atomic E-state index is 13.6. The Morgan fingerprint density at radius 3 is 2.57 bits per heavy atom. The van der Waals surface area contributed by atoms with E-state index in [0.717, 1.165) is 4.57 Å². The van der Waals surface area contributed by atoms with Crippen LogP contribution in [0.15, 0.2) is 67.2 Å². The van der Waals surface area contributed by atoms with Gasteiger partial charge in [0.15, 0.2) is 5.75 Å². The predicted molar refractivity (Wildman–Crippen MR) is 126 cm³/mol. The fourth-order valence-electron chi connectivity index (χ4n) is 4.83. The minimum Gasteiger partial charge on any atom is -0.495 e. The normalized spacial score (nSPS) is 14.4. The van der Waals surface area contributed by atoms with E-state index in [2.05, 4.69) is 4.98 Å². The van der Waals surface area contributed by atoms with Crippen LogP contribution in [0.4, 0.5) is 0 Å². The Bertz CT molecular complexity index is 1790. The minimum atomic E-state index is -0.883. The first kappa shape index (κ1) is 20.9. The van der Waals surface area contributed by atoms with Gasteiger partial charge in [-0.1, -0.05) is 30.3 Å². The van der Waals surface area contributed by atoms with E-state index in [1.54, 1.807) is 43.3 Å². The third-order valence-electron chi connectivity index (χ3n) is 6.25. The van der Waals surface area contributed by atoms with Crippen molar-refractivity contribution >= 4 is 27.8 Å². The number of ether oxygens (including phenoxy) is 2. The van der Waals surface area contributed by atoms with Gasteiger partial charge in [0.05, 0.1) is 35.8 Å². The molecule has 0 saturated carbocycles. The fourth-order valence-corrected chi connectivity index (χ4v) is 4.83. The second kappa shape index (κ2) is 7.42. The van der Waals surface area contributed by atoms with E-state index in [1.165, 1.54) is 20.3 Å². The number of nitrogens with zero attached hydrogens (tertiary/aromatic N) is 2. The predicted octanol–water partition coefficient (Wildman–Crippen LogP) is 4.36. The molecule has 9 heteroatoms. The summed E-state index contributed by atoms with van der Waals surface area (Å²) < 4.78 is 24.1. The average Bonchev–Trinajstić information content (AvgIpc) is 3.30. The van der Waals surface area contributed by atoms with E-state index in [0.29, 0.717) is 27.7 Å². The highest BCUT2D eigenvalue weighted by atomic mass is 16.5. The number of carbonyl (C=O) groups excluding carboxylic acids is 1. The third-order valence-corrected chi connectivity index (χ3v) is 6.25. The molecule has 6 rings (SSSR count). The highest BCUT2D eigenvalue weighted by molar-refractivity contribution is 6.04. The Hall–Kier alpha value is -4.66. The molecule has 35 heavy (non-hydrogen) atoms. The molecule has 0 aliphatic carbocycles. The van der Waals surface area contributed by atoms with Gasteiger partial charge in [0.2, 0.25) is 11.8 Å². The van der Waals surface area contributed by atoms with Crippen molar-refractivity contribution in [2.75, 3.05) is 7.11 Å². The summed E-state index contributed by atoms with van der Waals surface area (Å²) in [5.74, 6) is -0.596. The van der Waals surface area contributed by atoms with Crippen molar-refractivity contribution in [2.24, 2.45) is 0 Å². The molecular formula is C26H18N2O7. The zero-order chi connectivity index (χ0) is 24.4. The Morgan fingerprint density at radius 2 is 1.86 bits per heavy atom. The molecule has 0 radical (unpaired) electrons. The van der Waals surface area contributed by atoms with Crippen molar-refractivity contribution in [2.45, 2.75) is 19.8 Å². The molecule has 174 valence electrons. The molecule has 0 N–H and O–H groups in total. The number of methoxy groups -OCH3 is 1. The summed E-state index contributed by atoms with van der Waals surface area (Å²) in [5, 5.41) is 1.08. The van der Waals surface area contributed by atoms with Crippen molar-refractivity contribution in [3.05, 3.63) is 92.0 Å². The van der Waals surface area contributed by atoms with Gasteiger partial charge >= 0.3 is 5.63 Å². The Morgan fingerprint density at radius 1 is 1.09 bits per heavy atom. The van der Waals surface area contributed by atoms with Crippen LogP contribution in [0, 0.1) is 6.92 Å².